The molecule has 4 nitrogen and oxygen atoms in total. The average Bonchev–Trinajstić information content (AvgIpc) is 2.45. The van der Waals surface area contributed by atoms with Crippen molar-refractivity contribution in [2.24, 2.45) is 0 Å². The standard InChI is InChI=1S/C18H21NO3/c1-18(2,3)22-17(21)10-9-14-12-19-15(11-16(14)20)13-7-5-4-6-8-13/h4-10,12,15,19H,11H2,1-3H3/b10-9+. The van der Waals surface area contributed by atoms with E-state index in [-0.39, 0.29) is 11.8 Å². The Kier molecular flexibility index (Phi) is 4.81. The van der Waals surface area contributed by atoms with Gasteiger partial charge >= 0.3 is 5.97 Å². The Morgan fingerprint density at radius 3 is 2.55 bits per heavy atom. The molecule has 0 aromatic heterocycles. The Labute approximate surface area is 130 Å². The summed E-state index contributed by atoms with van der Waals surface area (Å²) in [6.07, 6.45) is 4.82. The van der Waals surface area contributed by atoms with Crippen molar-refractivity contribution in [3.63, 3.8) is 0 Å². The van der Waals surface area contributed by atoms with Crippen LogP contribution in [-0.2, 0) is 14.3 Å². The number of hydrogen-bond donors (Lipinski definition) is 1. The number of allylic oxidation sites excluding steroid dienone is 2. The Hall–Kier alpha value is -2.36. The van der Waals surface area contributed by atoms with Gasteiger partial charge in [-0.25, -0.2) is 4.79 Å². The first-order chi connectivity index (χ1) is 10.3. The van der Waals surface area contributed by atoms with Gasteiger partial charge in [0.25, 0.3) is 0 Å². The van der Waals surface area contributed by atoms with E-state index in [0.29, 0.717) is 12.0 Å². The molecule has 2 rings (SSSR count). The van der Waals surface area contributed by atoms with Crippen molar-refractivity contribution in [3.05, 3.63) is 59.8 Å². The lowest BCUT2D eigenvalue weighted by atomic mass is 9.95. The van der Waals surface area contributed by atoms with E-state index >= 15 is 0 Å². The first-order valence-corrected chi connectivity index (χ1v) is 7.30. The Morgan fingerprint density at radius 2 is 1.95 bits per heavy atom. The van der Waals surface area contributed by atoms with E-state index in [1.807, 2.05) is 30.3 Å². The summed E-state index contributed by atoms with van der Waals surface area (Å²) in [6.45, 7) is 5.40. The molecule has 1 aromatic rings. The molecule has 1 aliphatic rings. The quantitative estimate of drug-likeness (QED) is 0.688. The molecule has 0 fully saturated rings. The number of hydrogen-bond acceptors (Lipinski definition) is 4. The van der Waals surface area contributed by atoms with E-state index in [1.165, 1.54) is 12.2 Å². The van der Waals surface area contributed by atoms with Crippen LogP contribution in [0.1, 0.15) is 38.8 Å². The highest BCUT2D eigenvalue weighted by atomic mass is 16.6. The number of rotatable bonds is 3. The fourth-order valence-electron chi connectivity index (χ4n) is 2.17. The molecule has 0 radical (unpaired) electrons. The minimum absolute atomic E-state index is 0.00686. The molecule has 1 unspecified atom stereocenters. The number of ketones is 1. The van der Waals surface area contributed by atoms with E-state index in [9.17, 15) is 9.59 Å². The van der Waals surface area contributed by atoms with Crippen molar-refractivity contribution in [2.75, 3.05) is 0 Å². The minimum atomic E-state index is -0.539. The van der Waals surface area contributed by atoms with Gasteiger partial charge in [-0.3, -0.25) is 4.79 Å². The summed E-state index contributed by atoms with van der Waals surface area (Å²) >= 11 is 0. The van der Waals surface area contributed by atoms with Crippen LogP contribution in [-0.4, -0.2) is 17.4 Å². The van der Waals surface area contributed by atoms with E-state index in [2.05, 4.69) is 5.32 Å². The van der Waals surface area contributed by atoms with Crippen molar-refractivity contribution < 1.29 is 14.3 Å². The molecule has 0 bridgehead atoms. The molecule has 0 amide bonds. The molecule has 0 aliphatic carbocycles. The fourth-order valence-corrected chi connectivity index (χ4v) is 2.17. The van der Waals surface area contributed by atoms with Crippen LogP contribution < -0.4 is 5.32 Å². The van der Waals surface area contributed by atoms with E-state index < -0.39 is 11.6 Å². The van der Waals surface area contributed by atoms with Gasteiger partial charge in [-0.05, 0) is 32.4 Å². The second-order valence-electron chi connectivity index (χ2n) is 6.22. The molecule has 22 heavy (non-hydrogen) atoms. The zero-order valence-electron chi connectivity index (χ0n) is 13.1. The van der Waals surface area contributed by atoms with Gasteiger partial charge in [0.05, 0.1) is 6.04 Å². The normalized spacial score (nSPS) is 18.8. The van der Waals surface area contributed by atoms with Gasteiger partial charge < -0.3 is 10.1 Å². The fraction of sp³-hybridized carbons (Fsp3) is 0.333. The van der Waals surface area contributed by atoms with Crippen molar-refractivity contribution in [1.29, 1.82) is 0 Å². The number of nitrogens with one attached hydrogen (secondary N) is 1. The molecule has 0 saturated carbocycles. The molecular formula is C18H21NO3. The maximum Gasteiger partial charge on any atom is 0.331 e. The van der Waals surface area contributed by atoms with Gasteiger partial charge in [0.15, 0.2) is 5.78 Å². The van der Waals surface area contributed by atoms with E-state index in [1.54, 1.807) is 27.0 Å². The Bertz CT molecular complexity index is 609. The van der Waals surface area contributed by atoms with Crippen LogP contribution in [0.15, 0.2) is 54.3 Å². The number of ether oxygens (including phenoxy) is 1. The molecule has 0 spiro atoms. The van der Waals surface area contributed by atoms with Crippen LogP contribution >= 0.6 is 0 Å². The topological polar surface area (TPSA) is 55.4 Å². The van der Waals surface area contributed by atoms with Crippen LogP contribution in [0.2, 0.25) is 0 Å². The molecule has 1 atom stereocenters. The SMILES string of the molecule is CC(C)(C)OC(=O)/C=C/C1=CNC(c2ccccc2)CC1=O. The second-order valence-corrected chi connectivity index (χ2v) is 6.22. The number of benzene rings is 1. The summed E-state index contributed by atoms with van der Waals surface area (Å²) in [5.41, 5.74) is 1.02. The van der Waals surface area contributed by atoms with Gasteiger partial charge in [0.2, 0.25) is 0 Å². The third kappa shape index (κ3) is 4.58. The summed E-state index contributed by atoms with van der Waals surface area (Å²) in [7, 11) is 0. The van der Waals surface area contributed by atoms with Crippen LogP contribution in [0.4, 0.5) is 0 Å². The zero-order valence-corrected chi connectivity index (χ0v) is 13.1. The van der Waals surface area contributed by atoms with Crippen molar-refractivity contribution in [3.8, 4) is 0 Å². The minimum Gasteiger partial charge on any atom is -0.457 e. The van der Waals surface area contributed by atoms with Crippen LogP contribution in [0.5, 0.6) is 0 Å². The first kappa shape index (κ1) is 16.0. The maximum atomic E-state index is 12.2. The number of esters is 1. The van der Waals surface area contributed by atoms with Crippen molar-refractivity contribution in [1.82, 2.24) is 5.32 Å². The van der Waals surface area contributed by atoms with Crippen molar-refractivity contribution >= 4 is 11.8 Å². The largest absolute Gasteiger partial charge is 0.457 e. The summed E-state index contributed by atoms with van der Waals surface area (Å²) in [6, 6.07) is 9.79. The molecule has 0 saturated heterocycles. The molecule has 1 N–H and O–H groups in total. The van der Waals surface area contributed by atoms with Gasteiger partial charge in [-0.1, -0.05) is 30.3 Å². The maximum absolute atomic E-state index is 12.2. The molecule has 1 aliphatic heterocycles. The predicted molar refractivity (Wildman–Crippen MR) is 85.0 cm³/mol. The van der Waals surface area contributed by atoms with Gasteiger partial charge in [0.1, 0.15) is 5.60 Å². The van der Waals surface area contributed by atoms with Gasteiger partial charge in [-0.15, -0.1) is 0 Å². The highest BCUT2D eigenvalue weighted by molar-refractivity contribution is 6.00. The van der Waals surface area contributed by atoms with E-state index in [0.717, 1.165) is 5.56 Å². The lowest BCUT2D eigenvalue weighted by Crippen LogP contribution is -2.26. The highest BCUT2D eigenvalue weighted by Crippen LogP contribution is 2.23. The summed E-state index contributed by atoms with van der Waals surface area (Å²) in [5.74, 6) is -0.446. The summed E-state index contributed by atoms with van der Waals surface area (Å²) < 4.78 is 5.17. The Morgan fingerprint density at radius 1 is 1.27 bits per heavy atom. The highest BCUT2D eigenvalue weighted by Gasteiger charge is 2.21. The number of carbonyl (C=O) groups is 2. The predicted octanol–water partition coefficient (Wildman–Crippen LogP) is 3.07. The van der Waals surface area contributed by atoms with Crippen LogP contribution in [0.25, 0.3) is 0 Å². The molecule has 1 heterocycles. The molecule has 1 aromatic carbocycles. The third-order valence-corrected chi connectivity index (χ3v) is 3.16. The molecular weight excluding hydrogens is 278 g/mol. The lowest BCUT2D eigenvalue weighted by Gasteiger charge is -2.22. The van der Waals surface area contributed by atoms with E-state index in [4.69, 9.17) is 4.74 Å². The van der Waals surface area contributed by atoms with Crippen LogP contribution in [0.3, 0.4) is 0 Å². The number of Topliss-reactive ketones (excluding diaryl/α,β-unsaturated/α-hetero) is 1. The average molecular weight is 299 g/mol. The number of carbonyl (C=O) groups excluding carboxylic acids is 2. The zero-order chi connectivity index (χ0) is 16.2. The molecule has 4 heteroatoms. The first-order valence-electron chi connectivity index (χ1n) is 7.30. The molecule has 116 valence electrons. The summed E-state index contributed by atoms with van der Waals surface area (Å²) in [5, 5.41) is 3.20. The monoisotopic (exact) mass is 299 g/mol. The second kappa shape index (κ2) is 6.60. The van der Waals surface area contributed by atoms with Crippen LogP contribution in [0, 0.1) is 0 Å². The Balaban J connectivity index is 2.01. The van der Waals surface area contributed by atoms with Gasteiger partial charge in [0, 0.05) is 24.3 Å². The smallest absolute Gasteiger partial charge is 0.331 e. The van der Waals surface area contributed by atoms with Gasteiger partial charge in [-0.2, -0.15) is 0 Å². The lowest BCUT2D eigenvalue weighted by molar-refractivity contribution is -0.148. The van der Waals surface area contributed by atoms with Crippen molar-refractivity contribution in [2.45, 2.75) is 38.8 Å². The summed E-state index contributed by atoms with van der Waals surface area (Å²) in [4.78, 5) is 23.8. The third-order valence-electron chi connectivity index (χ3n) is 3.16.